The Bertz CT molecular complexity index is 646. The standard InChI is InChI=1S/C15H21N5O2/c1-22-14-8-6-12-16-17-13(20(12)18-14)7-9-15(21)19-10-4-2-3-5-11-19/h6,8H,2-5,7,9-11H2,1H3. The first-order valence-electron chi connectivity index (χ1n) is 7.81. The Kier molecular flexibility index (Phi) is 4.50. The second kappa shape index (κ2) is 6.72. The Labute approximate surface area is 129 Å². The highest BCUT2D eigenvalue weighted by Gasteiger charge is 2.17. The minimum atomic E-state index is 0.196. The fourth-order valence-corrected chi connectivity index (χ4v) is 2.78. The number of hydrogen-bond acceptors (Lipinski definition) is 5. The van der Waals surface area contributed by atoms with Crippen molar-refractivity contribution in [2.45, 2.75) is 38.5 Å². The summed E-state index contributed by atoms with van der Waals surface area (Å²) in [5, 5.41) is 12.5. The SMILES string of the molecule is COc1ccc2nnc(CCC(=O)N3CCCCCC3)n2n1. The molecule has 0 bridgehead atoms. The number of amides is 1. The average Bonchev–Trinajstić information content (AvgIpc) is 2.76. The molecule has 3 rings (SSSR count). The molecular formula is C15H21N5O2. The third-order valence-corrected chi connectivity index (χ3v) is 4.03. The van der Waals surface area contributed by atoms with E-state index in [1.165, 1.54) is 12.8 Å². The number of ether oxygens (including phenoxy) is 1. The summed E-state index contributed by atoms with van der Waals surface area (Å²) in [7, 11) is 1.57. The van der Waals surface area contributed by atoms with E-state index in [0.717, 1.165) is 25.9 Å². The highest BCUT2D eigenvalue weighted by molar-refractivity contribution is 5.76. The molecule has 0 saturated carbocycles. The van der Waals surface area contributed by atoms with Crippen molar-refractivity contribution >= 4 is 11.6 Å². The van der Waals surface area contributed by atoms with E-state index in [2.05, 4.69) is 15.3 Å². The van der Waals surface area contributed by atoms with Crippen molar-refractivity contribution in [3.8, 4) is 5.88 Å². The number of rotatable bonds is 4. The van der Waals surface area contributed by atoms with Crippen LogP contribution in [0, 0.1) is 0 Å². The molecule has 0 unspecified atom stereocenters. The molecule has 1 aliphatic heterocycles. The van der Waals surface area contributed by atoms with Gasteiger partial charge in [-0.25, -0.2) is 0 Å². The molecule has 7 nitrogen and oxygen atoms in total. The van der Waals surface area contributed by atoms with E-state index >= 15 is 0 Å². The van der Waals surface area contributed by atoms with Gasteiger partial charge in [-0.05, 0) is 18.9 Å². The van der Waals surface area contributed by atoms with Crippen LogP contribution >= 0.6 is 0 Å². The minimum absolute atomic E-state index is 0.196. The summed E-state index contributed by atoms with van der Waals surface area (Å²) in [4.78, 5) is 14.3. The molecule has 0 aliphatic carbocycles. The lowest BCUT2D eigenvalue weighted by Crippen LogP contribution is -2.32. The largest absolute Gasteiger partial charge is 0.480 e. The Morgan fingerprint density at radius 2 is 1.95 bits per heavy atom. The molecule has 0 atom stereocenters. The van der Waals surface area contributed by atoms with Gasteiger partial charge in [0.25, 0.3) is 0 Å². The van der Waals surface area contributed by atoms with E-state index in [-0.39, 0.29) is 5.91 Å². The first-order chi connectivity index (χ1) is 10.8. The first kappa shape index (κ1) is 14.7. The van der Waals surface area contributed by atoms with Crippen LogP contribution in [-0.4, -0.2) is 50.8 Å². The summed E-state index contributed by atoms with van der Waals surface area (Å²) in [5.74, 6) is 1.39. The maximum Gasteiger partial charge on any atom is 0.231 e. The summed E-state index contributed by atoms with van der Waals surface area (Å²) < 4.78 is 6.77. The van der Waals surface area contributed by atoms with Gasteiger partial charge < -0.3 is 9.64 Å². The number of hydrogen-bond donors (Lipinski definition) is 0. The lowest BCUT2D eigenvalue weighted by molar-refractivity contribution is -0.131. The molecule has 7 heteroatoms. The maximum atomic E-state index is 12.3. The van der Waals surface area contributed by atoms with E-state index < -0.39 is 0 Å². The molecule has 118 valence electrons. The van der Waals surface area contributed by atoms with E-state index in [1.807, 2.05) is 4.90 Å². The average molecular weight is 303 g/mol. The van der Waals surface area contributed by atoms with Crippen LogP contribution in [0.3, 0.4) is 0 Å². The van der Waals surface area contributed by atoms with Crippen LogP contribution in [0.25, 0.3) is 5.65 Å². The van der Waals surface area contributed by atoms with Gasteiger partial charge in [-0.1, -0.05) is 12.8 Å². The highest BCUT2D eigenvalue weighted by atomic mass is 16.5. The highest BCUT2D eigenvalue weighted by Crippen LogP contribution is 2.13. The van der Waals surface area contributed by atoms with Gasteiger partial charge in [-0.2, -0.15) is 4.52 Å². The molecule has 0 aromatic carbocycles. The monoisotopic (exact) mass is 303 g/mol. The van der Waals surface area contributed by atoms with Gasteiger partial charge in [0.05, 0.1) is 7.11 Å². The first-order valence-corrected chi connectivity index (χ1v) is 7.81. The number of fused-ring (bicyclic) bond motifs is 1. The van der Waals surface area contributed by atoms with Crippen LogP contribution in [0.15, 0.2) is 12.1 Å². The fourth-order valence-electron chi connectivity index (χ4n) is 2.78. The molecule has 3 heterocycles. The summed E-state index contributed by atoms with van der Waals surface area (Å²) in [6.45, 7) is 1.76. The lowest BCUT2D eigenvalue weighted by atomic mass is 10.2. The Morgan fingerprint density at radius 1 is 1.18 bits per heavy atom. The number of methoxy groups -OCH3 is 1. The van der Waals surface area contributed by atoms with Gasteiger partial charge in [0.1, 0.15) is 0 Å². The zero-order chi connectivity index (χ0) is 15.4. The molecule has 1 saturated heterocycles. The topological polar surface area (TPSA) is 72.6 Å². The quantitative estimate of drug-likeness (QED) is 0.855. The zero-order valence-electron chi connectivity index (χ0n) is 12.9. The van der Waals surface area contributed by atoms with Gasteiger partial charge in [-0.3, -0.25) is 4.79 Å². The molecule has 1 fully saturated rings. The summed E-state index contributed by atoms with van der Waals surface area (Å²) >= 11 is 0. The van der Waals surface area contributed by atoms with E-state index in [4.69, 9.17) is 4.74 Å². The van der Waals surface area contributed by atoms with Gasteiger partial charge in [0, 0.05) is 32.0 Å². The van der Waals surface area contributed by atoms with Crippen molar-refractivity contribution in [1.82, 2.24) is 24.7 Å². The third-order valence-electron chi connectivity index (χ3n) is 4.03. The number of aryl methyl sites for hydroxylation is 1. The van der Waals surface area contributed by atoms with Crippen molar-refractivity contribution in [3.05, 3.63) is 18.0 Å². The van der Waals surface area contributed by atoms with Gasteiger partial charge in [0.2, 0.25) is 11.8 Å². The number of likely N-dealkylation sites (tertiary alicyclic amines) is 1. The third kappa shape index (κ3) is 3.18. The molecular weight excluding hydrogens is 282 g/mol. The smallest absolute Gasteiger partial charge is 0.231 e. The van der Waals surface area contributed by atoms with Crippen molar-refractivity contribution in [2.75, 3.05) is 20.2 Å². The van der Waals surface area contributed by atoms with Gasteiger partial charge in [0.15, 0.2) is 11.5 Å². The normalized spacial score (nSPS) is 15.8. The van der Waals surface area contributed by atoms with E-state index in [1.54, 1.807) is 23.8 Å². The number of nitrogens with zero attached hydrogens (tertiary/aromatic N) is 5. The number of carbonyl (C=O) groups is 1. The Hall–Kier alpha value is -2.18. The lowest BCUT2D eigenvalue weighted by Gasteiger charge is -2.19. The van der Waals surface area contributed by atoms with E-state index in [0.29, 0.717) is 30.2 Å². The van der Waals surface area contributed by atoms with Crippen LogP contribution in [0.4, 0.5) is 0 Å². The summed E-state index contributed by atoms with van der Waals surface area (Å²) in [6, 6.07) is 3.55. The maximum absolute atomic E-state index is 12.3. The number of aromatic nitrogens is 4. The van der Waals surface area contributed by atoms with Crippen molar-refractivity contribution in [2.24, 2.45) is 0 Å². The zero-order valence-corrected chi connectivity index (χ0v) is 12.9. The van der Waals surface area contributed by atoms with Gasteiger partial charge >= 0.3 is 0 Å². The predicted octanol–water partition coefficient (Wildman–Crippen LogP) is 1.47. The number of carbonyl (C=O) groups excluding carboxylic acids is 1. The molecule has 0 radical (unpaired) electrons. The molecule has 22 heavy (non-hydrogen) atoms. The van der Waals surface area contributed by atoms with E-state index in [9.17, 15) is 4.79 Å². The Balaban J connectivity index is 1.66. The van der Waals surface area contributed by atoms with Crippen molar-refractivity contribution < 1.29 is 9.53 Å². The van der Waals surface area contributed by atoms with Crippen LogP contribution in [-0.2, 0) is 11.2 Å². The van der Waals surface area contributed by atoms with Crippen molar-refractivity contribution in [3.63, 3.8) is 0 Å². The van der Waals surface area contributed by atoms with Crippen LogP contribution in [0.5, 0.6) is 5.88 Å². The summed E-state index contributed by atoms with van der Waals surface area (Å²) in [5.41, 5.74) is 0.665. The molecule has 0 N–H and O–H groups in total. The molecule has 0 spiro atoms. The predicted molar refractivity (Wildman–Crippen MR) is 80.7 cm³/mol. The molecule has 2 aromatic rings. The Morgan fingerprint density at radius 3 is 2.68 bits per heavy atom. The molecule has 1 aliphatic rings. The van der Waals surface area contributed by atoms with Crippen LogP contribution < -0.4 is 4.74 Å². The second-order valence-corrected chi connectivity index (χ2v) is 5.56. The second-order valence-electron chi connectivity index (χ2n) is 5.56. The van der Waals surface area contributed by atoms with Crippen LogP contribution in [0.2, 0.25) is 0 Å². The van der Waals surface area contributed by atoms with Crippen LogP contribution in [0.1, 0.15) is 37.9 Å². The van der Waals surface area contributed by atoms with Crippen molar-refractivity contribution in [1.29, 1.82) is 0 Å². The fraction of sp³-hybridized carbons (Fsp3) is 0.600. The molecule has 1 amide bonds. The van der Waals surface area contributed by atoms with Gasteiger partial charge in [-0.15, -0.1) is 15.3 Å². The molecule has 2 aromatic heterocycles. The minimum Gasteiger partial charge on any atom is -0.480 e. The summed E-state index contributed by atoms with van der Waals surface area (Å²) in [6.07, 6.45) is 5.65.